The van der Waals surface area contributed by atoms with Crippen LogP contribution >= 0.6 is 0 Å². The molecule has 0 bridgehead atoms. The first-order valence-corrected chi connectivity index (χ1v) is 2.42. The fourth-order valence-corrected chi connectivity index (χ4v) is 0. The first-order chi connectivity index (χ1) is 4.56. The lowest BCUT2D eigenvalue weighted by atomic mass is 10.7. The summed E-state index contributed by atoms with van der Waals surface area (Å²) in [6.07, 6.45) is 0. The minimum absolute atomic E-state index is 0. The van der Waals surface area contributed by atoms with Gasteiger partial charge in [-0.3, -0.25) is 0 Å². The molecule has 11 heavy (non-hydrogen) atoms. The first-order valence-electron chi connectivity index (χ1n) is 2.42. The highest BCUT2D eigenvalue weighted by Gasteiger charge is 2.04. The van der Waals surface area contributed by atoms with Gasteiger partial charge >= 0.3 is 11.9 Å². The van der Waals surface area contributed by atoms with Crippen molar-refractivity contribution in [1.82, 2.24) is 0 Å². The summed E-state index contributed by atoms with van der Waals surface area (Å²) in [7, 11) is 0. The van der Waals surface area contributed by atoms with Crippen LogP contribution in [0.1, 0.15) is 0 Å². The summed E-state index contributed by atoms with van der Waals surface area (Å²) in [5.41, 5.74) is 9.81. The minimum atomic E-state index is -1.82. The second-order valence-corrected chi connectivity index (χ2v) is 1.19. The maximum atomic E-state index is 9.10. The van der Waals surface area contributed by atoms with Crippen LogP contribution in [0.5, 0.6) is 0 Å². The van der Waals surface area contributed by atoms with Gasteiger partial charge in [0.1, 0.15) is 0 Å². The van der Waals surface area contributed by atoms with Crippen molar-refractivity contribution in [3.05, 3.63) is 0 Å². The molecule has 0 atom stereocenters. The molecule has 68 valence electrons. The summed E-state index contributed by atoms with van der Waals surface area (Å²) in [4.78, 5) is 18.2. The van der Waals surface area contributed by atoms with Gasteiger partial charge in [-0.2, -0.15) is 0 Å². The van der Waals surface area contributed by atoms with Gasteiger partial charge in [0.2, 0.25) is 0 Å². The topological polar surface area (TPSA) is 158 Å². The van der Waals surface area contributed by atoms with Gasteiger partial charge in [-0.15, -0.1) is 0 Å². The molecule has 0 aromatic heterocycles. The Morgan fingerprint density at radius 1 is 1.00 bits per heavy atom. The molecule has 7 heteroatoms. The Hall–Kier alpha value is -1.18. The molecule has 0 amide bonds. The highest BCUT2D eigenvalue weighted by molar-refractivity contribution is 6.27. The zero-order chi connectivity index (χ0) is 8.57. The normalized spacial score (nSPS) is 6.73. The highest BCUT2D eigenvalue weighted by Crippen LogP contribution is 1.56. The number of aliphatic carboxylic acids is 2. The van der Waals surface area contributed by atoms with Crippen molar-refractivity contribution in [2.24, 2.45) is 11.5 Å². The second kappa shape index (κ2) is 11.6. The molecule has 0 unspecified atom stereocenters. The lowest BCUT2D eigenvalue weighted by Crippen LogP contribution is -2.11. The van der Waals surface area contributed by atoms with Crippen LogP contribution in [0.3, 0.4) is 0 Å². The van der Waals surface area contributed by atoms with Crippen LogP contribution in [0.4, 0.5) is 0 Å². The van der Waals surface area contributed by atoms with Crippen LogP contribution in [-0.4, -0.2) is 40.7 Å². The van der Waals surface area contributed by atoms with Crippen LogP contribution in [0.25, 0.3) is 0 Å². The standard InChI is InChI=1S/C2H8N2.C2H2O4.H2O/c3-1-2-4;3-1(4)2(5)6;/h1-4H2;(H,3,4)(H,5,6);1H2. The predicted molar refractivity (Wildman–Crippen MR) is 37.0 cm³/mol. The molecule has 0 heterocycles. The van der Waals surface area contributed by atoms with Crippen LogP contribution in [-0.2, 0) is 9.59 Å². The van der Waals surface area contributed by atoms with Crippen LogP contribution in [0.15, 0.2) is 0 Å². The van der Waals surface area contributed by atoms with Gasteiger partial charge < -0.3 is 27.2 Å². The van der Waals surface area contributed by atoms with Gasteiger partial charge in [0.05, 0.1) is 0 Å². The average Bonchev–Trinajstić information content (AvgIpc) is 1.89. The summed E-state index contributed by atoms with van der Waals surface area (Å²) in [5.74, 6) is -3.65. The van der Waals surface area contributed by atoms with Gasteiger partial charge in [-0.1, -0.05) is 0 Å². The van der Waals surface area contributed by atoms with Crippen LogP contribution < -0.4 is 11.5 Å². The molecule has 0 aromatic carbocycles. The number of hydrogen-bond donors (Lipinski definition) is 4. The summed E-state index contributed by atoms with van der Waals surface area (Å²) in [6.45, 7) is 1.19. The molecular formula is C4H12N2O5. The number of nitrogens with two attached hydrogens (primary N) is 2. The molecule has 0 aliphatic rings. The maximum Gasteiger partial charge on any atom is 0.414 e. The minimum Gasteiger partial charge on any atom is -0.473 e. The summed E-state index contributed by atoms with van der Waals surface area (Å²) in [6, 6.07) is 0. The van der Waals surface area contributed by atoms with E-state index in [1.54, 1.807) is 0 Å². The van der Waals surface area contributed by atoms with Gasteiger partial charge in [0.25, 0.3) is 0 Å². The second-order valence-electron chi connectivity index (χ2n) is 1.19. The summed E-state index contributed by atoms with van der Waals surface area (Å²) < 4.78 is 0. The summed E-state index contributed by atoms with van der Waals surface area (Å²) >= 11 is 0. The Morgan fingerprint density at radius 2 is 1.18 bits per heavy atom. The molecule has 8 N–H and O–H groups in total. The third-order valence-electron chi connectivity index (χ3n) is 0.350. The fourth-order valence-electron chi connectivity index (χ4n) is 0. The molecule has 0 saturated heterocycles. The lowest BCUT2D eigenvalue weighted by Gasteiger charge is -1.72. The molecule has 7 nitrogen and oxygen atoms in total. The van der Waals surface area contributed by atoms with E-state index in [9.17, 15) is 0 Å². The molecule has 0 aliphatic carbocycles. The van der Waals surface area contributed by atoms with Crippen molar-refractivity contribution in [3.63, 3.8) is 0 Å². The molecule has 0 aromatic rings. The Bertz CT molecular complexity index is 101. The van der Waals surface area contributed by atoms with Crippen molar-refractivity contribution < 1.29 is 25.3 Å². The van der Waals surface area contributed by atoms with Crippen molar-refractivity contribution >= 4 is 11.9 Å². The third kappa shape index (κ3) is 28.1. The average molecular weight is 168 g/mol. The van der Waals surface area contributed by atoms with Crippen LogP contribution in [0.2, 0.25) is 0 Å². The molecule has 0 rings (SSSR count). The lowest BCUT2D eigenvalue weighted by molar-refractivity contribution is -0.159. The first kappa shape index (κ1) is 16.4. The number of rotatable bonds is 1. The van der Waals surface area contributed by atoms with E-state index in [-0.39, 0.29) is 5.48 Å². The monoisotopic (exact) mass is 168 g/mol. The van der Waals surface area contributed by atoms with E-state index in [1.165, 1.54) is 0 Å². The molecule has 0 radical (unpaired) electrons. The molecule has 0 aliphatic heterocycles. The number of carbonyl (C=O) groups is 2. The fraction of sp³-hybridized carbons (Fsp3) is 0.500. The van der Waals surface area contributed by atoms with E-state index in [1.807, 2.05) is 0 Å². The molecule has 0 spiro atoms. The van der Waals surface area contributed by atoms with Gasteiger partial charge in [0.15, 0.2) is 0 Å². The predicted octanol–water partition coefficient (Wildman–Crippen LogP) is -2.77. The molecule has 0 fully saturated rings. The Morgan fingerprint density at radius 3 is 1.18 bits per heavy atom. The smallest absolute Gasteiger partial charge is 0.414 e. The van der Waals surface area contributed by atoms with E-state index in [4.69, 9.17) is 31.3 Å². The van der Waals surface area contributed by atoms with Gasteiger partial charge in [-0.05, 0) is 0 Å². The van der Waals surface area contributed by atoms with Crippen molar-refractivity contribution in [1.29, 1.82) is 0 Å². The maximum absolute atomic E-state index is 9.10. The third-order valence-corrected chi connectivity index (χ3v) is 0.350. The van der Waals surface area contributed by atoms with Crippen molar-refractivity contribution in [2.45, 2.75) is 0 Å². The largest absolute Gasteiger partial charge is 0.473 e. The highest BCUT2D eigenvalue weighted by atomic mass is 16.4. The molecular weight excluding hydrogens is 156 g/mol. The number of carboxylic acids is 2. The summed E-state index contributed by atoms with van der Waals surface area (Å²) in [5, 5.41) is 14.8. The molecule has 0 saturated carbocycles. The Kier molecular flexibility index (Phi) is 17.3. The van der Waals surface area contributed by atoms with E-state index in [0.29, 0.717) is 13.1 Å². The SMILES string of the molecule is NCCN.O.O=C(O)C(=O)O. The zero-order valence-corrected chi connectivity index (χ0v) is 5.78. The van der Waals surface area contributed by atoms with Crippen LogP contribution in [0, 0.1) is 0 Å². The quantitative estimate of drug-likeness (QED) is 0.310. The van der Waals surface area contributed by atoms with Gasteiger partial charge in [-0.25, -0.2) is 9.59 Å². The van der Waals surface area contributed by atoms with E-state index >= 15 is 0 Å². The number of hydrogen-bond acceptors (Lipinski definition) is 4. The van der Waals surface area contributed by atoms with E-state index < -0.39 is 11.9 Å². The number of carboxylic acid groups (broad SMARTS) is 2. The van der Waals surface area contributed by atoms with Crippen molar-refractivity contribution in [3.8, 4) is 0 Å². The zero-order valence-electron chi connectivity index (χ0n) is 5.78. The van der Waals surface area contributed by atoms with E-state index in [2.05, 4.69) is 0 Å². The van der Waals surface area contributed by atoms with E-state index in [0.717, 1.165) is 0 Å². The Labute approximate surface area is 62.9 Å². The van der Waals surface area contributed by atoms with Gasteiger partial charge in [0, 0.05) is 13.1 Å². The van der Waals surface area contributed by atoms with Crippen molar-refractivity contribution in [2.75, 3.05) is 13.1 Å². The Balaban J connectivity index is -0.000000114.